The minimum absolute atomic E-state index is 0.168. The first-order valence-corrected chi connectivity index (χ1v) is 7.45. The number of carboxylic acids is 1. The second kappa shape index (κ2) is 7.54. The van der Waals surface area contributed by atoms with Crippen molar-refractivity contribution in [1.82, 2.24) is 0 Å². The number of benzene rings is 1. The SMILES string of the molecule is O=C(O)CC1C(O)CC(O)C1C=CC(O)Cc1ccccc1. The maximum atomic E-state index is 10.9. The van der Waals surface area contributed by atoms with E-state index in [4.69, 9.17) is 5.11 Å². The number of aliphatic hydroxyl groups excluding tert-OH is 3. The molecule has 4 N–H and O–H groups in total. The van der Waals surface area contributed by atoms with E-state index in [1.54, 1.807) is 12.2 Å². The number of carbonyl (C=O) groups is 1. The van der Waals surface area contributed by atoms with Gasteiger partial charge in [-0.05, 0) is 5.56 Å². The van der Waals surface area contributed by atoms with Gasteiger partial charge in [-0.3, -0.25) is 4.79 Å². The first-order valence-electron chi connectivity index (χ1n) is 7.45. The largest absolute Gasteiger partial charge is 0.481 e. The van der Waals surface area contributed by atoms with Crippen molar-refractivity contribution in [3.8, 4) is 0 Å². The minimum atomic E-state index is -0.999. The van der Waals surface area contributed by atoms with Crippen LogP contribution in [0.2, 0.25) is 0 Å². The van der Waals surface area contributed by atoms with Gasteiger partial charge in [0.05, 0.1) is 24.7 Å². The van der Waals surface area contributed by atoms with Crippen LogP contribution in [0.4, 0.5) is 0 Å². The molecule has 1 saturated carbocycles. The van der Waals surface area contributed by atoms with Crippen molar-refractivity contribution in [3.63, 3.8) is 0 Å². The van der Waals surface area contributed by atoms with Crippen molar-refractivity contribution in [2.45, 2.75) is 37.6 Å². The highest BCUT2D eigenvalue weighted by molar-refractivity contribution is 5.67. The molecule has 1 aliphatic rings. The Balaban J connectivity index is 1.98. The Morgan fingerprint density at radius 1 is 1.23 bits per heavy atom. The van der Waals surface area contributed by atoms with E-state index in [0.717, 1.165) is 5.56 Å². The molecule has 5 unspecified atom stereocenters. The second-order valence-electron chi connectivity index (χ2n) is 5.85. The Morgan fingerprint density at radius 2 is 1.91 bits per heavy atom. The summed E-state index contributed by atoms with van der Waals surface area (Å²) in [6.45, 7) is 0. The van der Waals surface area contributed by atoms with E-state index in [1.807, 2.05) is 30.3 Å². The quantitative estimate of drug-likeness (QED) is 0.587. The molecule has 0 spiro atoms. The van der Waals surface area contributed by atoms with Crippen molar-refractivity contribution >= 4 is 5.97 Å². The molecule has 1 fully saturated rings. The summed E-state index contributed by atoms with van der Waals surface area (Å²) in [4.78, 5) is 10.9. The van der Waals surface area contributed by atoms with Crippen LogP contribution in [0.1, 0.15) is 18.4 Å². The molecule has 0 saturated heterocycles. The van der Waals surface area contributed by atoms with Crippen LogP contribution < -0.4 is 0 Å². The first-order chi connectivity index (χ1) is 10.5. The molecular weight excluding hydrogens is 284 g/mol. The van der Waals surface area contributed by atoms with Crippen LogP contribution >= 0.6 is 0 Å². The molecule has 5 heteroatoms. The molecule has 1 aromatic rings. The number of aliphatic carboxylic acids is 1. The summed E-state index contributed by atoms with van der Waals surface area (Å²) in [5.41, 5.74) is 0.994. The van der Waals surface area contributed by atoms with Crippen LogP contribution in [-0.4, -0.2) is 44.7 Å². The molecular formula is C17H22O5. The van der Waals surface area contributed by atoms with E-state index in [9.17, 15) is 20.1 Å². The topological polar surface area (TPSA) is 98.0 Å². The molecule has 2 rings (SSSR count). The highest BCUT2D eigenvalue weighted by Gasteiger charge is 2.41. The van der Waals surface area contributed by atoms with Crippen molar-refractivity contribution in [1.29, 1.82) is 0 Å². The van der Waals surface area contributed by atoms with Crippen molar-refractivity contribution in [2.75, 3.05) is 0 Å². The van der Waals surface area contributed by atoms with Crippen LogP contribution in [0.3, 0.4) is 0 Å². The van der Waals surface area contributed by atoms with E-state index in [-0.39, 0.29) is 12.8 Å². The van der Waals surface area contributed by atoms with E-state index in [0.29, 0.717) is 6.42 Å². The molecule has 0 bridgehead atoms. The lowest BCUT2D eigenvalue weighted by Gasteiger charge is -2.19. The van der Waals surface area contributed by atoms with Crippen LogP contribution in [0.15, 0.2) is 42.5 Å². The van der Waals surface area contributed by atoms with Gasteiger partial charge < -0.3 is 20.4 Å². The van der Waals surface area contributed by atoms with E-state index < -0.39 is 36.1 Å². The maximum absolute atomic E-state index is 10.9. The fraction of sp³-hybridized carbons (Fsp3) is 0.471. The molecule has 5 atom stereocenters. The molecule has 1 aliphatic carbocycles. The predicted molar refractivity (Wildman–Crippen MR) is 81.2 cm³/mol. The van der Waals surface area contributed by atoms with Crippen molar-refractivity contribution < 1.29 is 25.2 Å². The Morgan fingerprint density at radius 3 is 2.55 bits per heavy atom. The lowest BCUT2D eigenvalue weighted by atomic mass is 9.90. The van der Waals surface area contributed by atoms with E-state index in [2.05, 4.69) is 0 Å². The number of rotatable bonds is 6. The smallest absolute Gasteiger partial charge is 0.303 e. The standard InChI is InChI=1S/C17H22O5/c18-12(8-11-4-2-1-3-5-11)6-7-13-14(9-17(21)22)16(20)10-15(13)19/h1-7,12-16,18-20H,8-10H2,(H,21,22). The van der Waals surface area contributed by atoms with Gasteiger partial charge in [0.1, 0.15) is 0 Å². The molecule has 0 amide bonds. The fourth-order valence-electron chi connectivity index (χ4n) is 3.05. The molecule has 0 aliphatic heterocycles. The van der Waals surface area contributed by atoms with Crippen molar-refractivity contribution in [2.24, 2.45) is 11.8 Å². The van der Waals surface area contributed by atoms with E-state index in [1.165, 1.54) is 0 Å². The highest BCUT2D eigenvalue weighted by atomic mass is 16.4. The summed E-state index contributed by atoms with van der Waals surface area (Å²) in [5, 5.41) is 38.8. The number of aliphatic hydroxyl groups is 3. The summed E-state index contributed by atoms with van der Waals surface area (Å²) in [7, 11) is 0. The van der Waals surface area contributed by atoms with Gasteiger partial charge in [-0.2, -0.15) is 0 Å². The normalized spacial score (nSPS) is 29.8. The van der Waals surface area contributed by atoms with Gasteiger partial charge >= 0.3 is 5.97 Å². The predicted octanol–water partition coefficient (Wildman–Crippen LogP) is 0.979. The van der Waals surface area contributed by atoms with Crippen LogP contribution in [0.5, 0.6) is 0 Å². The summed E-state index contributed by atoms with van der Waals surface area (Å²) in [6, 6.07) is 9.52. The van der Waals surface area contributed by atoms with E-state index >= 15 is 0 Å². The van der Waals surface area contributed by atoms with Gasteiger partial charge in [0, 0.05) is 24.7 Å². The zero-order valence-electron chi connectivity index (χ0n) is 12.2. The van der Waals surface area contributed by atoms with Gasteiger partial charge in [-0.15, -0.1) is 0 Å². The molecule has 0 aromatic heterocycles. The number of hydrogen-bond donors (Lipinski definition) is 4. The van der Waals surface area contributed by atoms with Crippen LogP contribution in [0.25, 0.3) is 0 Å². The van der Waals surface area contributed by atoms with Gasteiger partial charge in [-0.25, -0.2) is 0 Å². The minimum Gasteiger partial charge on any atom is -0.481 e. The lowest BCUT2D eigenvalue weighted by Crippen LogP contribution is -2.23. The second-order valence-corrected chi connectivity index (χ2v) is 5.85. The first kappa shape index (κ1) is 16.7. The van der Waals surface area contributed by atoms with Crippen LogP contribution in [0, 0.1) is 11.8 Å². The molecule has 1 aromatic carbocycles. The average molecular weight is 306 g/mol. The molecule has 22 heavy (non-hydrogen) atoms. The maximum Gasteiger partial charge on any atom is 0.303 e. The molecule has 0 radical (unpaired) electrons. The Hall–Kier alpha value is -1.69. The third-order valence-electron chi connectivity index (χ3n) is 4.17. The Labute approximate surface area is 129 Å². The zero-order chi connectivity index (χ0) is 16.1. The lowest BCUT2D eigenvalue weighted by molar-refractivity contribution is -0.139. The van der Waals surface area contributed by atoms with Gasteiger partial charge in [0.15, 0.2) is 0 Å². The molecule has 120 valence electrons. The summed E-state index contributed by atoms with van der Waals surface area (Å²) >= 11 is 0. The number of hydrogen-bond acceptors (Lipinski definition) is 4. The Kier molecular flexibility index (Phi) is 5.71. The fourth-order valence-corrected chi connectivity index (χ4v) is 3.05. The average Bonchev–Trinajstić information content (AvgIpc) is 2.71. The zero-order valence-corrected chi connectivity index (χ0v) is 12.2. The van der Waals surface area contributed by atoms with Gasteiger partial charge in [0.2, 0.25) is 0 Å². The monoisotopic (exact) mass is 306 g/mol. The summed E-state index contributed by atoms with van der Waals surface area (Å²) in [5.74, 6) is -1.97. The highest BCUT2D eigenvalue weighted by Crippen LogP contribution is 2.36. The third-order valence-corrected chi connectivity index (χ3v) is 4.17. The summed E-state index contributed by atoms with van der Waals surface area (Å²) in [6.07, 6.45) is 1.33. The van der Waals surface area contributed by atoms with Gasteiger partial charge in [-0.1, -0.05) is 42.5 Å². The number of carboxylic acid groups (broad SMARTS) is 1. The molecule has 0 heterocycles. The summed E-state index contributed by atoms with van der Waals surface area (Å²) < 4.78 is 0. The Bertz CT molecular complexity index is 513. The third kappa shape index (κ3) is 4.40. The van der Waals surface area contributed by atoms with Crippen molar-refractivity contribution in [3.05, 3.63) is 48.0 Å². The van der Waals surface area contributed by atoms with Crippen LogP contribution in [-0.2, 0) is 11.2 Å². The molecule has 5 nitrogen and oxygen atoms in total. The van der Waals surface area contributed by atoms with Gasteiger partial charge in [0.25, 0.3) is 0 Å².